The number of ether oxygens (including phenoxy) is 1. The normalized spacial score (nSPS) is 20.6. The van der Waals surface area contributed by atoms with Gasteiger partial charge in [-0.25, -0.2) is 4.79 Å². The Morgan fingerprint density at radius 3 is 2.66 bits per heavy atom. The average molecular weight is 485 g/mol. The number of aliphatic hydroxyl groups excluding tert-OH is 1. The highest BCUT2D eigenvalue weighted by atomic mass is 35.5. The van der Waals surface area contributed by atoms with Crippen LogP contribution in [0.2, 0.25) is 10.0 Å². The van der Waals surface area contributed by atoms with Gasteiger partial charge in [-0.15, -0.1) is 0 Å². The molecule has 1 fully saturated rings. The molecule has 4 N–H and O–H groups in total. The fraction of sp³-hybridized carbons (Fsp3) is 0.476. The molecule has 2 heterocycles. The Hall–Kier alpha value is -2.33. The second-order valence-corrected chi connectivity index (χ2v) is 8.50. The topological polar surface area (TPSA) is 126 Å². The van der Waals surface area contributed by atoms with Gasteiger partial charge in [0.2, 0.25) is 5.91 Å². The van der Waals surface area contributed by atoms with Gasteiger partial charge in [0.1, 0.15) is 17.5 Å². The molecular weight excluding hydrogens is 459 g/mol. The number of aliphatic hydroxyl groups is 1. The molecule has 9 nitrogen and oxygen atoms in total. The van der Waals surface area contributed by atoms with Crippen LogP contribution in [-0.2, 0) is 16.1 Å². The smallest absolute Gasteiger partial charge is 0.319 e. The van der Waals surface area contributed by atoms with Gasteiger partial charge in [-0.2, -0.15) is 0 Å². The lowest BCUT2D eigenvalue weighted by Crippen LogP contribution is -2.52. The molecule has 3 rings (SSSR count). The lowest BCUT2D eigenvalue weighted by atomic mass is 9.97. The number of rotatable bonds is 7. The van der Waals surface area contributed by atoms with Gasteiger partial charge >= 0.3 is 6.03 Å². The average Bonchev–Trinajstić information content (AvgIpc) is 3.07. The number of carbonyl (C=O) groups is 2. The number of hydrogen-bond donors (Lipinski definition) is 4. The van der Waals surface area contributed by atoms with Crippen molar-refractivity contribution in [2.45, 2.75) is 57.9 Å². The van der Waals surface area contributed by atoms with E-state index in [4.69, 9.17) is 32.5 Å². The van der Waals surface area contributed by atoms with Crippen LogP contribution in [0.5, 0.6) is 0 Å². The van der Waals surface area contributed by atoms with Crippen molar-refractivity contribution in [1.82, 2.24) is 15.8 Å². The van der Waals surface area contributed by atoms with Gasteiger partial charge in [0, 0.05) is 6.54 Å². The zero-order chi connectivity index (χ0) is 23.3. The summed E-state index contributed by atoms with van der Waals surface area (Å²) in [5.74, 6) is 0.323. The van der Waals surface area contributed by atoms with Gasteiger partial charge < -0.3 is 30.3 Å². The first-order valence-corrected chi connectivity index (χ1v) is 11.0. The molecule has 0 spiro atoms. The van der Waals surface area contributed by atoms with Gasteiger partial charge in [-0.3, -0.25) is 4.79 Å². The Labute approximate surface area is 195 Å². The lowest BCUT2D eigenvalue weighted by molar-refractivity contribution is -0.130. The van der Waals surface area contributed by atoms with Crippen LogP contribution < -0.4 is 16.0 Å². The van der Waals surface area contributed by atoms with Crippen LogP contribution in [-0.4, -0.2) is 47.1 Å². The molecule has 1 aliphatic heterocycles. The van der Waals surface area contributed by atoms with Crippen molar-refractivity contribution in [3.63, 3.8) is 0 Å². The minimum absolute atomic E-state index is 0.149. The van der Waals surface area contributed by atoms with Crippen molar-refractivity contribution in [2.24, 2.45) is 0 Å². The van der Waals surface area contributed by atoms with E-state index >= 15 is 0 Å². The largest absolute Gasteiger partial charge is 0.394 e. The van der Waals surface area contributed by atoms with E-state index < -0.39 is 18.2 Å². The number of nitrogens with one attached hydrogen (secondary N) is 3. The maximum Gasteiger partial charge on any atom is 0.319 e. The van der Waals surface area contributed by atoms with Crippen LogP contribution in [0.4, 0.5) is 10.5 Å². The summed E-state index contributed by atoms with van der Waals surface area (Å²) in [4.78, 5) is 24.7. The third-order valence-electron chi connectivity index (χ3n) is 5.27. The molecule has 11 heteroatoms. The van der Waals surface area contributed by atoms with E-state index in [0.29, 0.717) is 46.6 Å². The molecule has 0 aliphatic carbocycles. The second-order valence-electron chi connectivity index (χ2n) is 7.69. The third-order valence-corrected chi connectivity index (χ3v) is 6.01. The van der Waals surface area contributed by atoms with Crippen LogP contribution in [0.15, 0.2) is 22.7 Å². The molecule has 174 valence electrons. The van der Waals surface area contributed by atoms with E-state index in [-0.39, 0.29) is 25.0 Å². The minimum Gasteiger partial charge on any atom is -0.394 e. The number of amides is 3. The molecule has 0 bridgehead atoms. The highest BCUT2D eigenvalue weighted by Crippen LogP contribution is 2.24. The zero-order valence-corrected chi connectivity index (χ0v) is 19.3. The maximum absolute atomic E-state index is 12.4. The lowest BCUT2D eigenvalue weighted by Gasteiger charge is -2.35. The van der Waals surface area contributed by atoms with Crippen LogP contribution >= 0.6 is 23.2 Å². The summed E-state index contributed by atoms with van der Waals surface area (Å²) in [6.07, 6.45) is 0.296. The number of urea groups is 1. The third kappa shape index (κ3) is 6.35. The summed E-state index contributed by atoms with van der Waals surface area (Å²) in [6.45, 7) is 3.46. The number of carbonyl (C=O) groups excluding carboxylic acids is 2. The van der Waals surface area contributed by atoms with Crippen LogP contribution in [0.1, 0.15) is 36.3 Å². The Kier molecular flexibility index (Phi) is 8.36. The molecular formula is C21H26Cl2N4O5. The van der Waals surface area contributed by atoms with Crippen LogP contribution in [0.3, 0.4) is 0 Å². The van der Waals surface area contributed by atoms with E-state index in [2.05, 4.69) is 21.1 Å². The zero-order valence-electron chi connectivity index (χ0n) is 17.8. The SMILES string of the molecule is Cc1noc(C)c1NC(=O)N[C@H]1CC[C@@H](CC(=O)NCc2ccc(Cl)c(Cl)c2)O[C@@H]1CO. The van der Waals surface area contributed by atoms with Crippen molar-refractivity contribution in [2.75, 3.05) is 11.9 Å². The predicted octanol–water partition coefficient (Wildman–Crippen LogP) is 3.33. The van der Waals surface area contributed by atoms with Crippen molar-refractivity contribution >= 4 is 40.8 Å². The molecule has 0 unspecified atom stereocenters. The van der Waals surface area contributed by atoms with Gasteiger partial charge in [0.15, 0.2) is 5.76 Å². The first-order chi connectivity index (χ1) is 15.3. The van der Waals surface area contributed by atoms with Crippen molar-refractivity contribution in [3.05, 3.63) is 45.3 Å². The molecule has 1 aromatic carbocycles. The number of hydrogen-bond acceptors (Lipinski definition) is 6. The monoisotopic (exact) mass is 484 g/mol. The van der Waals surface area contributed by atoms with Gasteiger partial charge in [-0.05, 0) is 44.4 Å². The fourth-order valence-electron chi connectivity index (χ4n) is 3.56. The summed E-state index contributed by atoms with van der Waals surface area (Å²) in [6, 6.07) is 4.33. The molecule has 0 radical (unpaired) electrons. The molecule has 1 saturated heterocycles. The fourth-order valence-corrected chi connectivity index (χ4v) is 3.88. The van der Waals surface area contributed by atoms with Crippen molar-refractivity contribution in [3.8, 4) is 0 Å². The summed E-state index contributed by atoms with van der Waals surface area (Å²) < 4.78 is 10.9. The van der Waals surface area contributed by atoms with E-state index in [1.54, 1.807) is 32.0 Å². The number of aryl methyl sites for hydroxylation is 2. The Morgan fingerprint density at radius 1 is 1.22 bits per heavy atom. The standard InChI is InChI=1S/C21H26Cl2N4O5/c1-11-20(12(2)32-27-11)26-21(30)25-17-6-4-14(31-18(17)10-28)8-19(29)24-9-13-3-5-15(22)16(23)7-13/h3,5,7,14,17-18,28H,4,6,8-10H2,1-2H3,(H,24,29)(H2,25,26,30)/t14-,17-,18+/m0/s1. The Morgan fingerprint density at radius 2 is 2.00 bits per heavy atom. The highest BCUT2D eigenvalue weighted by molar-refractivity contribution is 6.42. The summed E-state index contributed by atoms with van der Waals surface area (Å²) in [7, 11) is 0. The molecule has 1 aromatic heterocycles. The number of aromatic nitrogens is 1. The molecule has 3 amide bonds. The highest BCUT2D eigenvalue weighted by Gasteiger charge is 2.33. The van der Waals surface area contributed by atoms with E-state index in [9.17, 15) is 14.7 Å². The van der Waals surface area contributed by atoms with E-state index in [1.165, 1.54) is 0 Å². The van der Waals surface area contributed by atoms with Gasteiger partial charge in [-0.1, -0.05) is 34.4 Å². The minimum atomic E-state index is -0.618. The number of nitrogens with zero attached hydrogens (tertiary/aromatic N) is 1. The van der Waals surface area contributed by atoms with Crippen LogP contribution in [0.25, 0.3) is 0 Å². The Bertz CT molecular complexity index is 948. The van der Waals surface area contributed by atoms with E-state index in [0.717, 1.165) is 5.56 Å². The molecule has 1 aliphatic rings. The quantitative estimate of drug-likeness (QED) is 0.477. The number of halogens is 2. The van der Waals surface area contributed by atoms with E-state index in [1.807, 2.05) is 0 Å². The first kappa shape index (κ1) is 24.3. The molecule has 32 heavy (non-hydrogen) atoms. The van der Waals surface area contributed by atoms with Gasteiger partial charge in [0.05, 0.1) is 35.2 Å². The molecule has 0 saturated carbocycles. The number of benzene rings is 1. The number of anilines is 1. The summed E-state index contributed by atoms with van der Waals surface area (Å²) in [5, 5.41) is 22.8. The summed E-state index contributed by atoms with van der Waals surface area (Å²) in [5.41, 5.74) is 1.92. The van der Waals surface area contributed by atoms with Crippen molar-refractivity contribution in [1.29, 1.82) is 0 Å². The maximum atomic E-state index is 12.4. The molecule has 2 aromatic rings. The van der Waals surface area contributed by atoms with Gasteiger partial charge in [0.25, 0.3) is 0 Å². The Balaban J connectivity index is 1.46. The first-order valence-electron chi connectivity index (χ1n) is 10.2. The second kappa shape index (κ2) is 11.0. The van der Waals surface area contributed by atoms with Crippen molar-refractivity contribution < 1.29 is 24.0 Å². The molecule has 3 atom stereocenters. The predicted molar refractivity (Wildman–Crippen MR) is 120 cm³/mol. The van der Waals surface area contributed by atoms with Crippen LogP contribution in [0, 0.1) is 13.8 Å². The summed E-state index contributed by atoms with van der Waals surface area (Å²) >= 11 is 11.9.